The molecule has 2 aliphatic heterocycles. The largest absolute Gasteiger partial charge is 0.497 e. The molecule has 2 heterocycles. The first-order valence-corrected chi connectivity index (χ1v) is 11.0. The van der Waals surface area contributed by atoms with Crippen molar-refractivity contribution in [3.05, 3.63) is 59.2 Å². The Morgan fingerprint density at radius 1 is 1.16 bits per heavy atom. The maximum absolute atomic E-state index is 13.3. The van der Waals surface area contributed by atoms with Crippen LogP contribution in [0.25, 0.3) is 6.08 Å². The number of rotatable bonds is 3. The maximum Gasteiger partial charge on any atom is 0.270 e. The smallest absolute Gasteiger partial charge is 0.270 e. The van der Waals surface area contributed by atoms with Crippen LogP contribution in [0.3, 0.4) is 0 Å². The number of thiocarbonyl (C=S) groups is 1. The zero-order valence-electron chi connectivity index (χ0n) is 18.9. The van der Waals surface area contributed by atoms with E-state index in [1.165, 1.54) is 16.2 Å². The summed E-state index contributed by atoms with van der Waals surface area (Å²) in [5.74, 6) is 0.0933. The van der Waals surface area contributed by atoms with Gasteiger partial charge in [-0.1, -0.05) is 13.0 Å². The summed E-state index contributed by atoms with van der Waals surface area (Å²) in [4.78, 5) is 29.5. The van der Waals surface area contributed by atoms with Crippen LogP contribution in [0.2, 0.25) is 0 Å². The van der Waals surface area contributed by atoms with Crippen LogP contribution in [0.15, 0.2) is 48.0 Å². The van der Waals surface area contributed by atoms with Gasteiger partial charge in [-0.15, -0.1) is 0 Å². The second-order valence-electron chi connectivity index (χ2n) is 8.95. The molecule has 0 unspecified atom stereocenters. The maximum atomic E-state index is 13.3. The van der Waals surface area contributed by atoms with Crippen LogP contribution in [0.4, 0.5) is 11.4 Å². The van der Waals surface area contributed by atoms with Gasteiger partial charge in [-0.2, -0.15) is 0 Å². The van der Waals surface area contributed by atoms with Gasteiger partial charge in [-0.05, 0) is 92.0 Å². The lowest BCUT2D eigenvalue weighted by Gasteiger charge is -2.45. The summed E-state index contributed by atoms with van der Waals surface area (Å²) in [6.07, 6.45) is 2.66. The molecule has 1 atom stereocenters. The second-order valence-corrected chi connectivity index (χ2v) is 9.34. The number of methoxy groups -OCH3 is 1. The van der Waals surface area contributed by atoms with Crippen LogP contribution in [-0.2, 0) is 9.59 Å². The van der Waals surface area contributed by atoms with Crippen molar-refractivity contribution in [1.82, 2.24) is 5.32 Å². The van der Waals surface area contributed by atoms with E-state index in [1.807, 2.05) is 6.07 Å². The highest BCUT2D eigenvalue weighted by molar-refractivity contribution is 7.80. The number of anilines is 2. The molecule has 1 fully saturated rings. The van der Waals surface area contributed by atoms with Gasteiger partial charge in [-0.3, -0.25) is 19.8 Å². The van der Waals surface area contributed by atoms with Gasteiger partial charge in [0.05, 0.1) is 12.8 Å². The summed E-state index contributed by atoms with van der Waals surface area (Å²) in [5, 5.41) is 2.70. The first kappa shape index (κ1) is 22.0. The summed E-state index contributed by atoms with van der Waals surface area (Å²) < 4.78 is 5.18. The standard InChI is InChI=1S/C25H27N3O3S/c1-15-14-25(2,3)27(4)21-11-6-16(12-19(15)21)13-20-22(29)26-24(32)28(23(20)30)17-7-9-18(31-5)10-8-17/h6-13,15H,14H2,1-5H3,(H,26,29,32)/b20-13+/t15-/m0/s1. The molecule has 32 heavy (non-hydrogen) atoms. The topological polar surface area (TPSA) is 61.9 Å². The fourth-order valence-corrected chi connectivity index (χ4v) is 4.76. The number of fused-ring (bicyclic) bond motifs is 1. The van der Waals surface area contributed by atoms with Crippen molar-refractivity contribution in [2.75, 3.05) is 24.0 Å². The third kappa shape index (κ3) is 3.77. The molecule has 2 aromatic rings. The molecule has 1 N–H and O–H groups in total. The minimum Gasteiger partial charge on any atom is -0.497 e. The predicted molar refractivity (Wildman–Crippen MR) is 131 cm³/mol. The number of nitrogens with zero attached hydrogens (tertiary/aromatic N) is 2. The molecule has 1 saturated heterocycles. The highest BCUT2D eigenvalue weighted by Gasteiger charge is 2.36. The number of hydrogen-bond donors (Lipinski definition) is 1. The van der Waals surface area contributed by atoms with Gasteiger partial charge in [0.2, 0.25) is 0 Å². The van der Waals surface area contributed by atoms with E-state index >= 15 is 0 Å². The summed E-state index contributed by atoms with van der Waals surface area (Å²) in [5.41, 5.74) is 3.88. The first-order chi connectivity index (χ1) is 15.1. The second kappa shape index (κ2) is 8.06. The first-order valence-electron chi connectivity index (χ1n) is 10.6. The lowest BCUT2D eigenvalue weighted by atomic mass is 9.80. The molecule has 6 nitrogen and oxygen atoms in total. The molecule has 2 aromatic carbocycles. The molecule has 0 aliphatic carbocycles. The number of amides is 2. The van der Waals surface area contributed by atoms with Crippen LogP contribution < -0.4 is 19.9 Å². The minimum absolute atomic E-state index is 0.0477. The molecule has 4 rings (SSSR count). The van der Waals surface area contributed by atoms with E-state index in [0.29, 0.717) is 17.4 Å². The SMILES string of the molecule is COc1ccc(N2C(=O)/C(=C/c3ccc4c(c3)[C@@H](C)CC(C)(C)N4C)C(=O)NC2=S)cc1. The molecule has 2 amide bonds. The van der Waals surface area contributed by atoms with E-state index in [2.05, 4.69) is 50.2 Å². The summed E-state index contributed by atoms with van der Waals surface area (Å²) in [6.45, 7) is 6.70. The fourth-order valence-electron chi connectivity index (χ4n) is 4.48. The normalized spacial score (nSPS) is 21.5. The fraction of sp³-hybridized carbons (Fsp3) is 0.320. The lowest BCUT2D eigenvalue weighted by molar-refractivity contribution is -0.122. The van der Waals surface area contributed by atoms with Crippen molar-refractivity contribution in [3.63, 3.8) is 0 Å². The molecule has 0 saturated carbocycles. The number of nitrogens with one attached hydrogen (secondary N) is 1. The van der Waals surface area contributed by atoms with E-state index in [-0.39, 0.29) is 16.2 Å². The van der Waals surface area contributed by atoms with E-state index in [4.69, 9.17) is 17.0 Å². The number of hydrogen-bond acceptors (Lipinski definition) is 5. The van der Waals surface area contributed by atoms with Crippen LogP contribution >= 0.6 is 12.2 Å². The van der Waals surface area contributed by atoms with Crippen LogP contribution in [0, 0.1) is 0 Å². The number of carbonyl (C=O) groups is 2. The molecule has 0 spiro atoms. The van der Waals surface area contributed by atoms with E-state index in [9.17, 15) is 9.59 Å². The van der Waals surface area contributed by atoms with Gasteiger partial charge >= 0.3 is 0 Å². The molecule has 7 heteroatoms. The molecule has 0 aromatic heterocycles. The summed E-state index contributed by atoms with van der Waals surface area (Å²) in [7, 11) is 3.68. The summed E-state index contributed by atoms with van der Waals surface area (Å²) in [6, 6.07) is 13.0. The van der Waals surface area contributed by atoms with Crippen LogP contribution in [0.1, 0.15) is 44.2 Å². The number of benzene rings is 2. The Labute approximate surface area is 193 Å². The Hall–Kier alpha value is -3.19. The Balaban J connectivity index is 1.70. The van der Waals surface area contributed by atoms with Crippen molar-refractivity contribution in [1.29, 1.82) is 0 Å². The third-order valence-electron chi connectivity index (χ3n) is 6.40. The molecule has 0 radical (unpaired) electrons. The van der Waals surface area contributed by atoms with Crippen LogP contribution in [-0.4, -0.2) is 36.6 Å². The van der Waals surface area contributed by atoms with Crippen molar-refractivity contribution in [2.24, 2.45) is 0 Å². The Morgan fingerprint density at radius 3 is 2.50 bits per heavy atom. The van der Waals surface area contributed by atoms with Gasteiger partial charge in [-0.25, -0.2) is 0 Å². The quantitative estimate of drug-likeness (QED) is 0.431. The average molecular weight is 450 g/mol. The van der Waals surface area contributed by atoms with Crippen molar-refractivity contribution in [3.8, 4) is 5.75 Å². The van der Waals surface area contributed by atoms with Gasteiger partial charge in [0.15, 0.2) is 5.11 Å². The molecule has 2 aliphatic rings. The minimum atomic E-state index is -0.492. The van der Waals surface area contributed by atoms with Gasteiger partial charge in [0, 0.05) is 18.3 Å². The Kier molecular flexibility index (Phi) is 5.54. The van der Waals surface area contributed by atoms with Crippen molar-refractivity contribution >= 4 is 46.6 Å². The van der Waals surface area contributed by atoms with E-state index < -0.39 is 11.8 Å². The highest BCUT2D eigenvalue weighted by atomic mass is 32.1. The zero-order valence-corrected chi connectivity index (χ0v) is 19.7. The average Bonchev–Trinajstić information content (AvgIpc) is 2.75. The van der Waals surface area contributed by atoms with E-state index in [0.717, 1.165) is 12.0 Å². The molecule has 166 valence electrons. The molecule has 0 bridgehead atoms. The van der Waals surface area contributed by atoms with Crippen LogP contribution in [0.5, 0.6) is 5.75 Å². The van der Waals surface area contributed by atoms with Crippen molar-refractivity contribution in [2.45, 2.75) is 38.6 Å². The number of carbonyl (C=O) groups excluding carboxylic acids is 2. The monoisotopic (exact) mass is 449 g/mol. The predicted octanol–water partition coefficient (Wildman–Crippen LogP) is 4.25. The highest BCUT2D eigenvalue weighted by Crippen LogP contribution is 2.42. The zero-order chi connectivity index (χ0) is 23.2. The van der Waals surface area contributed by atoms with E-state index in [1.54, 1.807) is 37.5 Å². The number of ether oxygens (including phenoxy) is 1. The van der Waals surface area contributed by atoms with Gasteiger partial charge in [0.1, 0.15) is 11.3 Å². The lowest BCUT2D eigenvalue weighted by Crippen LogP contribution is -2.54. The van der Waals surface area contributed by atoms with Crippen molar-refractivity contribution < 1.29 is 14.3 Å². The van der Waals surface area contributed by atoms with Gasteiger partial charge < -0.3 is 9.64 Å². The Morgan fingerprint density at radius 2 is 1.84 bits per heavy atom. The van der Waals surface area contributed by atoms with Gasteiger partial charge in [0.25, 0.3) is 11.8 Å². The molecular formula is C25H27N3O3S. The Bertz CT molecular complexity index is 1140. The summed E-state index contributed by atoms with van der Waals surface area (Å²) >= 11 is 5.28. The third-order valence-corrected chi connectivity index (χ3v) is 6.69. The molecular weight excluding hydrogens is 422 g/mol.